The van der Waals surface area contributed by atoms with Gasteiger partial charge in [-0.15, -0.1) is 0 Å². The number of aromatic nitrogens is 1. The van der Waals surface area contributed by atoms with Crippen molar-refractivity contribution in [3.8, 4) is 11.1 Å². The Bertz CT molecular complexity index is 450. The first-order valence-electron chi connectivity index (χ1n) is 4.55. The van der Waals surface area contributed by atoms with Gasteiger partial charge < -0.3 is 5.73 Å². The van der Waals surface area contributed by atoms with E-state index in [0.717, 1.165) is 22.5 Å². The third kappa shape index (κ3) is 1.59. The second-order valence-electron chi connectivity index (χ2n) is 3.27. The minimum Gasteiger partial charge on any atom is -0.398 e. The predicted molar refractivity (Wildman–Crippen MR) is 58.8 cm³/mol. The molecule has 0 aliphatic carbocycles. The third-order valence-corrected chi connectivity index (χ3v) is 2.17. The van der Waals surface area contributed by atoms with Crippen molar-refractivity contribution in [3.05, 3.63) is 48.3 Å². The van der Waals surface area contributed by atoms with Crippen LogP contribution in [0.3, 0.4) is 0 Å². The summed E-state index contributed by atoms with van der Waals surface area (Å²) < 4.78 is 0. The number of hydrogen-bond donors (Lipinski definition) is 1. The number of rotatable bonds is 1. The first-order chi connectivity index (χ1) is 6.77. The SMILES string of the molecule is Cc1cc(-c2ccccc2N)ccn1. The Hall–Kier alpha value is -1.83. The van der Waals surface area contributed by atoms with Gasteiger partial charge in [0.1, 0.15) is 0 Å². The number of nitrogens with zero attached hydrogens (tertiary/aromatic N) is 1. The normalized spacial score (nSPS) is 10.1. The van der Waals surface area contributed by atoms with Crippen LogP contribution in [0.2, 0.25) is 0 Å². The van der Waals surface area contributed by atoms with Crippen LogP contribution in [0.15, 0.2) is 42.6 Å². The van der Waals surface area contributed by atoms with Crippen molar-refractivity contribution in [1.29, 1.82) is 0 Å². The molecule has 0 bridgehead atoms. The molecular formula is C12H12N2. The Morgan fingerprint density at radius 2 is 1.93 bits per heavy atom. The molecule has 2 N–H and O–H groups in total. The molecule has 0 saturated heterocycles. The van der Waals surface area contributed by atoms with Crippen molar-refractivity contribution in [2.75, 3.05) is 5.73 Å². The van der Waals surface area contributed by atoms with E-state index in [1.54, 1.807) is 6.20 Å². The molecule has 14 heavy (non-hydrogen) atoms. The highest BCUT2D eigenvalue weighted by Crippen LogP contribution is 2.24. The van der Waals surface area contributed by atoms with Gasteiger partial charge in [0.25, 0.3) is 0 Å². The molecule has 0 fully saturated rings. The van der Waals surface area contributed by atoms with Gasteiger partial charge in [-0.2, -0.15) is 0 Å². The van der Waals surface area contributed by atoms with Crippen molar-refractivity contribution < 1.29 is 0 Å². The molecule has 2 nitrogen and oxygen atoms in total. The highest BCUT2D eigenvalue weighted by atomic mass is 14.6. The molecule has 1 aromatic heterocycles. The van der Waals surface area contributed by atoms with Crippen molar-refractivity contribution in [2.24, 2.45) is 0 Å². The smallest absolute Gasteiger partial charge is 0.0393 e. The number of nitrogen functional groups attached to an aromatic ring is 1. The Balaban J connectivity index is 2.55. The standard InChI is InChI=1S/C12H12N2/c1-9-8-10(6-7-14-9)11-4-2-3-5-12(11)13/h2-8H,13H2,1H3. The highest BCUT2D eigenvalue weighted by Gasteiger charge is 2.00. The topological polar surface area (TPSA) is 38.9 Å². The van der Waals surface area contributed by atoms with Crippen LogP contribution in [-0.2, 0) is 0 Å². The quantitative estimate of drug-likeness (QED) is 0.692. The summed E-state index contributed by atoms with van der Waals surface area (Å²) in [5, 5.41) is 0. The lowest BCUT2D eigenvalue weighted by Crippen LogP contribution is -1.90. The molecule has 0 radical (unpaired) electrons. The summed E-state index contributed by atoms with van der Waals surface area (Å²) >= 11 is 0. The van der Waals surface area contributed by atoms with Crippen LogP contribution in [0.4, 0.5) is 5.69 Å². The molecule has 0 aliphatic heterocycles. The number of pyridine rings is 1. The Kier molecular flexibility index (Phi) is 2.19. The van der Waals surface area contributed by atoms with E-state index >= 15 is 0 Å². The van der Waals surface area contributed by atoms with Crippen molar-refractivity contribution in [3.63, 3.8) is 0 Å². The number of hydrogen-bond acceptors (Lipinski definition) is 2. The maximum absolute atomic E-state index is 5.88. The van der Waals surface area contributed by atoms with Crippen molar-refractivity contribution in [1.82, 2.24) is 4.98 Å². The highest BCUT2D eigenvalue weighted by molar-refractivity contribution is 5.75. The van der Waals surface area contributed by atoms with E-state index in [4.69, 9.17) is 5.73 Å². The molecule has 2 rings (SSSR count). The minimum absolute atomic E-state index is 0.804. The van der Waals surface area contributed by atoms with Crippen LogP contribution in [0.5, 0.6) is 0 Å². The average Bonchev–Trinajstić information content (AvgIpc) is 2.18. The summed E-state index contributed by atoms with van der Waals surface area (Å²) in [6.07, 6.45) is 1.80. The third-order valence-electron chi connectivity index (χ3n) is 2.17. The first kappa shape index (κ1) is 8.75. The summed E-state index contributed by atoms with van der Waals surface area (Å²) in [6, 6.07) is 11.9. The van der Waals surface area contributed by atoms with Gasteiger partial charge in [0.2, 0.25) is 0 Å². The lowest BCUT2D eigenvalue weighted by atomic mass is 10.0. The van der Waals surface area contributed by atoms with E-state index in [1.807, 2.05) is 43.3 Å². The second kappa shape index (κ2) is 3.50. The molecular weight excluding hydrogens is 172 g/mol. The van der Waals surface area contributed by atoms with Crippen molar-refractivity contribution >= 4 is 5.69 Å². The summed E-state index contributed by atoms with van der Waals surface area (Å²) in [6.45, 7) is 1.97. The van der Waals surface area contributed by atoms with Crippen LogP contribution in [0, 0.1) is 6.92 Å². The number of anilines is 1. The molecule has 1 aromatic carbocycles. The molecule has 0 atom stereocenters. The Morgan fingerprint density at radius 3 is 2.64 bits per heavy atom. The second-order valence-corrected chi connectivity index (χ2v) is 3.27. The van der Waals surface area contributed by atoms with Crippen LogP contribution >= 0.6 is 0 Å². The molecule has 70 valence electrons. The van der Waals surface area contributed by atoms with E-state index < -0.39 is 0 Å². The molecule has 2 heteroatoms. The molecule has 0 aliphatic rings. The van der Waals surface area contributed by atoms with Crippen LogP contribution < -0.4 is 5.73 Å². The fraction of sp³-hybridized carbons (Fsp3) is 0.0833. The largest absolute Gasteiger partial charge is 0.398 e. The molecule has 0 saturated carbocycles. The fourth-order valence-corrected chi connectivity index (χ4v) is 1.47. The van der Waals surface area contributed by atoms with Gasteiger partial charge in [-0.3, -0.25) is 4.98 Å². The van der Waals surface area contributed by atoms with E-state index in [-0.39, 0.29) is 0 Å². The molecule has 1 heterocycles. The van der Waals surface area contributed by atoms with Crippen LogP contribution in [0.25, 0.3) is 11.1 Å². The number of para-hydroxylation sites is 1. The molecule has 2 aromatic rings. The average molecular weight is 184 g/mol. The van der Waals surface area contributed by atoms with Gasteiger partial charge in [-0.1, -0.05) is 18.2 Å². The Morgan fingerprint density at radius 1 is 1.14 bits per heavy atom. The maximum atomic E-state index is 5.88. The van der Waals surface area contributed by atoms with Gasteiger partial charge >= 0.3 is 0 Å². The van der Waals surface area contributed by atoms with Gasteiger partial charge in [0.05, 0.1) is 0 Å². The van der Waals surface area contributed by atoms with Crippen LogP contribution in [-0.4, -0.2) is 4.98 Å². The molecule has 0 amide bonds. The summed E-state index contributed by atoms with van der Waals surface area (Å²) in [7, 11) is 0. The van der Waals surface area contributed by atoms with E-state index in [0.29, 0.717) is 0 Å². The first-order valence-corrected chi connectivity index (χ1v) is 4.55. The molecule has 0 unspecified atom stereocenters. The van der Waals surface area contributed by atoms with Crippen LogP contribution in [0.1, 0.15) is 5.69 Å². The number of nitrogens with two attached hydrogens (primary N) is 1. The van der Waals surface area contributed by atoms with Gasteiger partial charge in [0, 0.05) is 23.1 Å². The Labute approximate surface area is 83.4 Å². The van der Waals surface area contributed by atoms with Gasteiger partial charge in [0.15, 0.2) is 0 Å². The van der Waals surface area contributed by atoms with E-state index in [2.05, 4.69) is 4.98 Å². The van der Waals surface area contributed by atoms with Crippen molar-refractivity contribution in [2.45, 2.75) is 6.92 Å². The lowest BCUT2D eigenvalue weighted by molar-refractivity contribution is 1.20. The maximum Gasteiger partial charge on any atom is 0.0393 e. The monoisotopic (exact) mass is 184 g/mol. The van der Waals surface area contributed by atoms with Gasteiger partial charge in [-0.25, -0.2) is 0 Å². The minimum atomic E-state index is 0.804. The summed E-state index contributed by atoms with van der Waals surface area (Å²) in [5.74, 6) is 0. The predicted octanol–water partition coefficient (Wildman–Crippen LogP) is 2.64. The zero-order valence-corrected chi connectivity index (χ0v) is 8.07. The zero-order chi connectivity index (χ0) is 9.97. The lowest BCUT2D eigenvalue weighted by Gasteiger charge is -2.05. The van der Waals surface area contributed by atoms with E-state index in [9.17, 15) is 0 Å². The number of aryl methyl sites for hydroxylation is 1. The molecule has 0 spiro atoms. The number of benzene rings is 1. The summed E-state index contributed by atoms with van der Waals surface area (Å²) in [5.41, 5.74) is 9.88. The fourth-order valence-electron chi connectivity index (χ4n) is 1.47. The van der Waals surface area contributed by atoms with Gasteiger partial charge in [-0.05, 0) is 30.7 Å². The summed E-state index contributed by atoms with van der Waals surface area (Å²) in [4.78, 5) is 4.15. The van der Waals surface area contributed by atoms with E-state index in [1.165, 1.54) is 0 Å². The zero-order valence-electron chi connectivity index (χ0n) is 8.07.